The van der Waals surface area contributed by atoms with Gasteiger partial charge in [0.2, 0.25) is 0 Å². The van der Waals surface area contributed by atoms with E-state index in [0.717, 1.165) is 89.1 Å². The Kier molecular flexibility index (Phi) is 9.48. The molecule has 274 valence electrons. The van der Waals surface area contributed by atoms with Gasteiger partial charge >= 0.3 is 0 Å². The van der Waals surface area contributed by atoms with Gasteiger partial charge < -0.3 is 10.6 Å². The van der Waals surface area contributed by atoms with Gasteiger partial charge in [0.05, 0.1) is 33.5 Å². The molecule has 0 bridgehead atoms. The van der Waals surface area contributed by atoms with Crippen LogP contribution >= 0.6 is 0 Å². The van der Waals surface area contributed by atoms with Gasteiger partial charge in [0.15, 0.2) is 0 Å². The minimum absolute atomic E-state index is 0.176. The number of rotatable bonds is 7. The summed E-state index contributed by atoms with van der Waals surface area (Å²) >= 11 is 0. The first kappa shape index (κ1) is 36.1. The molecular formula is C50H42N4O2. The highest BCUT2D eigenvalue weighted by molar-refractivity contribution is 6.16. The fraction of sp³-hybridized carbons (Fsp3) is 0.120. The van der Waals surface area contributed by atoms with Gasteiger partial charge in [0, 0.05) is 33.3 Å². The van der Waals surface area contributed by atoms with E-state index in [2.05, 4.69) is 85.1 Å². The largest absolute Gasteiger partial charge is 0.322 e. The third-order valence-corrected chi connectivity index (χ3v) is 10.7. The number of para-hydroxylation sites is 2. The van der Waals surface area contributed by atoms with E-state index in [0.29, 0.717) is 11.1 Å². The number of fused-ring (bicyclic) bond motifs is 2. The summed E-state index contributed by atoms with van der Waals surface area (Å²) in [5.41, 5.74) is 15.7. The van der Waals surface area contributed by atoms with E-state index in [-0.39, 0.29) is 11.8 Å². The molecule has 8 aromatic rings. The molecule has 0 aliphatic heterocycles. The van der Waals surface area contributed by atoms with Crippen molar-refractivity contribution in [2.45, 2.75) is 41.5 Å². The fourth-order valence-electron chi connectivity index (χ4n) is 7.52. The minimum Gasteiger partial charge on any atom is -0.322 e. The molecular weight excluding hydrogens is 689 g/mol. The Balaban J connectivity index is 1.05. The van der Waals surface area contributed by atoms with Gasteiger partial charge in [0.25, 0.3) is 11.8 Å². The quantitative estimate of drug-likeness (QED) is 0.171. The maximum absolute atomic E-state index is 14.1. The number of anilines is 2. The maximum atomic E-state index is 14.1. The van der Waals surface area contributed by atoms with Crippen LogP contribution in [-0.2, 0) is 0 Å². The number of aromatic nitrogens is 2. The number of nitrogens with zero attached hydrogens (tertiary/aromatic N) is 2. The summed E-state index contributed by atoms with van der Waals surface area (Å²) in [4.78, 5) is 38.1. The Labute approximate surface area is 327 Å². The van der Waals surface area contributed by atoms with Crippen LogP contribution in [0.1, 0.15) is 54.1 Å². The van der Waals surface area contributed by atoms with Gasteiger partial charge in [-0.25, -0.2) is 9.97 Å². The lowest BCUT2D eigenvalue weighted by Crippen LogP contribution is -2.16. The zero-order valence-electron chi connectivity index (χ0n) is 32.4. The van der Waals surface area contributed by atoms with Crippen LogP contribution < -0.4 is 10.6 Å². The van der Waals surface area contributed by atoms with Crippen LogP contribution in [0.15, 0.2) is 133 Å². The standard InChI is InChI=1S/C50H42N4O2/c1-29-15-19-35(20-16-29)47-33(5)45(39-11-7-9-13-43(39)51-47)49(55)53-41-25-23-37(27-31(41)3)38-24-26-42(32(4)28-38)54-50(56)46-34(6)48(36-21-17-30(2)18-22-36)52-44-14-10-8-12-40(44)46/h7-28H,1-6H3,(H,53,55)(H,54,56). The normalized spacial score (nSPS) is 11.2. The number of carbonyl (C=O) groups excluding carboxylic acids is 2. The number of carbonyl (C=O) groups is 2. The fourth-order valence-corrected chi connectivity index (χ4v) is 7.52. The Morgan fingerprint density at radius 3 is 1.16 bits per heavy atom. The Hall–Kier alpha value is -6.92. The molecule has 6 nitrogen and oxygen atoms in total. The highest BCUT2D eigenvalue weighted by atomic mass is 16.2. The molecule has 0 atom stereocenters. The molecule has 0 fully saturated rings. The molecule has 0 spiro atoms. The van der Waals surface area contributed by atoms with Gasteiger partial charge in [-0.1, -0.05) is 108 Å². The topological polar surface area (TPSA) is 84.0 Å². The monoisotopic (exact) mass is 730 g/mol. The van der Waals surface area contributed by atoms with E-state index >= 15 is 0 Å². The number of hydrogen-bond donors (Lipinski definition) is 2. The van der Waals surface area contributed by atoms with Crippen LogP contribution in [0, 0.1) is 41.5 Å². The smallest absolute Gasteiger partial charge is 0.256 e. The van der Waals surface area contributed by atoms with Crippen LogP contribution in [0.4, 0.5) is 11.4 Å². The maximum Gasteiger partial charge on any atom is 0.256 e. The van der Waals surface area contributed by atoms with Crippen molar-refractivity contribution in [1.29, 1.82) is 0 Å². The van der Waals surface area contributed by atoms with Crippen LogP contribution in [0.3, 0.4) is 0 Å². The third-order valence-electron chi connectivity index (χ3n) is 10.7. The van der Waals surface area contributed by atoms with Crippen molar-refractivity contribution in [3.8, 4) is 33.6 Å². The van der Waals surface area contributed by atoms with Crippen LogP contribution in [0.5, 0.6) is 0 Å². The average Bonchev–Trinajstić information content (AvgIpc) is 3.19. The summed E-state index contributed by atoms with van der Waals surface area (Å²) in [6.45, 7) is 12.1. The number of aryl methyl sites for hydroxylation is 4. The first-order valence-electron chi connectivity index (χ1n) is 18.8. The van der Waals surface area contributed by atoms with Crippen molar-refractivity contribution in [3.63, 3.8) is 0 Å². The molecule has 0 radical (unpaired) electrons. The lowest BCUT2D eigenvalue weighted by molar-refractivity contribution is 0.101. The zero-order valence-corrected chi connectivity index (χ0v) is 32.4. The summed E-state index contributed by atoms with van der Waals surface area (Å²) in [6, 6.07) is 44.2. The van der Waals surface area contributed by atoms with E-state index in [1.54, 1.807) is 0 Å². The van der Waals surface area contributed by atoms with Crippen molar-refractivity contribution in [3.05, 3.63) is 178 Å². The Morgan fingerprint density at radius 2 is 0.786 bits per heavy atom. The predicted molar refractivity (Wildman–Crippen MR) is 231 cm³/mol. The SMILES string of the molecule is Cc1ccc(-c2nc3ccccc3c(C(=O)Nc3ccc(-c4ccc(NC(=O)c5c(C)c(-c6ccc(C)cc6)nc6ccccc56)c(C)c4)cc3C)c2C)cc1. The molecule has 0 aliphatic rings. The second kappa shape index (κ2) is 14.7. The number of amides is 2. The molecule has 8 rings (SSSR count). The summed E-state index contributed by atoms with van der Waals surface area (Å²) in [6.07, 6.45) is 0. The summed E-state index contributed by atoms with van der Waals surface area (Å²) in [5.74, 6) is -0.353. The van der Waals surface area contributed by atoms with Crippen LogP contribution in [-0.4, -0.2) is 21.8 Å². The van der Waals surface area contributed by atoms with Crippen molar-refractivity contribution in [1.82, 2.24) is 9.97 Å². The van der Waals surface area contributed by atoms with Crippen molar-refractivity contribution >= 4 is 45.0 Å². The average molecular weight is 731 g/mol. The van der Waals surface area contributed by atoms with E-state index < -0.39 is 0 Å². The highest BCUT2D eigenvalue weighted by Crippen LogP contribution is 2.34. The molecule has 0 aliphatic carbocycles. The molecule has 56 heavy (non-hydrogen) atoms. The second-order valence-corrected chi connectivity index (χ2v) is 14.7. The Bertz CT molecular complexity index is 2640. The lowest BCUT2D eigenvalue weighted by Gasteiger charge is -2.17. The summed E-state index contributed by atoms with van der Waals surface area (Å²) in [7, 11) is 0. The van der Waals surface area contributed by atoms with E-state index in [1.165, 1.54) is 11.1 Å². The van der Waals surface area contributed by atoms with Crippen molar-refractivity contribution in [2.75, 3.05) is 10.6 Å². The third kappa shape index (κ3) is 6.82. The predicted octanol–water partition coefficient (Wildman–Crippen LogP) is 12.1. The van der Waals surface area contributed by atoms with Crippen molar-refractivity contribution in [2.24, 2.45) is 0 Å². The van der Waals surface area contributed by atoms with E-state index in [1.807, 2.05) is 100 Å². The Morgan fingerprint density at radius 1 is 0.429 bits per heavy atom. The molecule has 2 N–H and O–H groups in total. The lowest BCUT2D eigenvalue weighted by atomic mass is 9.96. The number of pyridine rings is 2. The number of nitrogens with one attached hydrogen (secondary N) is 2. The molecule has 2 aromatic heterocycles. The van der Waals surface area contributed by atoms with Gasteiger partial charge in [-0.05, 0) is 111 Å². The van der Waals surface area contributed by atoms with Crippen LogP contribution in [0.25, 0.3) is 55.4 Å². The molecule has 0 saturated carbocycles. The highest BCUT2D eigenvalue weighted by Gasteiger charge is 2.22. The summed E-state index contributed by atoms with van der Waals surface area (Å²) in [5, 5.41) is 8.03. The minimum atomic E-state index is -0.176. The van der Waals surface area contributed by atoms with E-state index in [9.17, 15) is 9.59 Å². The van der Waals surface area contributed by atoms with Gasteiger partial charge in [-0.2, -0.15) is 0 Å². The first-order chi connectivity index (χ1) is 27.0. The molecule has 2 heterocycles. The molecule has 6 heteroatoms. The number of hydrogen-bond acceptors (Lipinski definition) is 4. The zero-order chi connectivity index (χ0) is 39.1. The second-order valence-electron chi connectivity index (χ2n) is 14.7. The van der Waals surface area contributed by atoms with E-state index in [4.69, 9.17) is 9.97 Å². The van der Waals surface area contributed by atoms with Crippen LogP contribution in [0.2, 0.25) is 0 Å². The molecule has 2 amide bonds. The molecule has 6 aromatic carbocycles. The van der Waals surface area contributed by atoms with Gasteiger partial charge in [0.1, 0.15) is 0 Å². The van der Waals surface area contributed by atoms with Crippen molar-refractivity contribution < 1.29 is 9.59 Å². The first-order valence-corrected chi connectivity index (χ1v) is 18.8. The molecule has 0 unspecified atom stereocenters. The number of benzene rings is 6. The van der Waals surface area contributed by atoms with Gasteiger partial charge in [-0.3, -0.25) is 9.59 Å². The summed E-state index contributed by atoms with van der Waals surface area (Å²) < 4.78 is 0. The molecule has 0 saturated heterocycles. The van der Waals surface area contributed by atoms with Gasteiger partial charge in [-0.15, -0.1) is 0 Å².